The van der Waals surface area contributed by atoms with E-state index in [0.717, 1.165) is 0 Å². The third kappa shape index (κ3) is 2.47. The van der Waals surface area contributed by atoms with Crippen molar-refractivity contribution in [3.8, 4) is 0 Å². The number of nitrogens with zero attached hydrogens (tertiary/aromatic N) is 1. The highest BCUT2D eigenvalue weighted by Crippen LogP contribution is 2.22. The van der Waals surface area contributed by atoms with Crippen LogP contribution in [0.25, 0.3) is 0 Å². The van der Waals surface area contributed by atoms with Crippen LogP contribution in [0, 0.1) is 11.6 Å². The van der Waals surface area contributed by atoms with Crippen LogP contribution in [-0.2, 0) is 0 Å². The average molecular weight is 234 g/mol. The van der Waals surface area contributed by atoms with Crippen LogP contribution in [0.1, 0.15) is 17.3 Å². The number of hydrogen-bond donors (Lipinski definition) is 1. The van der Waals surface area contributed by atoms with E-state index < -0.39 is 11.9 Å². The van der Waals surface area contributed by atoms with Crippen molar-refractivity contribution in [3.05, 3.63) is 65.5 Å². The van der Waals surface area contributed by atoms with Gasteiger partial charge in [0.2, 0.25) is 0 Å². The summed E-state index contributed by atoms with van der Waals surface area (Å²) < 4.78 is 26.8. The molecule has 1 unspecified atom stereocenters. The molecule has 0 spiro atoms. The van der Waals surface area contributed by atoms with Gasteiger partial charge in [0.1, 0.15) is 11.6 Å². The fourth-order valence-corrected chi connectivity index (χ4v) is 1.76. The van der Waals surface area contributed by atoms with Crippen molar-refractivity contribution in [3.63, 3.8) is 0 Å². The van der Waals surface area contributed by atoms with Gasteiger partial charge in [0, 0.05) is 6.20 Å². The van der Waals surface area contributed by atoms with Gasteiger partial charge in [0.05, 0.1) is 11.7 Å². The highest BCUT2D eigenvalue weighted by molar-refractivity contribution is 5.28. The minimum Gasteiger partial charge on any atom is -0.308 e. The zero-order valence-corrected chi connectivity index (χ0v) is 9.32. The lowest BCUT2D eigenvalue weighted by Gasteiger charge is -2.16. The molecule has 0 saturated carbocycles. The molecule has 0 radical (unpaired) electrons. The first-order valence-corrected chi connectivity index (χ1v) is 5.25. The largest absolute Gasteiger partial charge is 0.308 e. The van der Waals surface area contributed by atoms with Gasteiger partial charge in [0.15, 0.2) is 0 Å². The predicted octanol–water partition coefficient (Wildman–Crippen LogP) is 2.67. The Morgan fingerprint density at radius 3 is 2.65 bits per heavy atom. The summed E-state index contributed by atoms with van der Waals surface area (Å²) in [6, 6.07) is 8.46. The third-order valence-corrected chi connectivity index (χ3v) is 2.53. The van der Waals surface area contributed by atoms with E-state index in [1.165, 1.54) is 30.5 Å². The molecule has 1 N–H and O–H groups in total. The van der Waals surface area contributed by atoms with Crippen molar-refractivity contribution in [2.75, 3.05) is 7.05 Å². The summed E-state index contributed by atoms with van der Waals surface area (Å²) in [6.07, 6.45) is 1.52. The summed E-state index contributed by atoms with van der Waals surface area (Å²) in [5, 5.41) is 2.93. The van der Waals surface area contributed by atoms with Crippen molar-refractivity contribution in [2.24, 2.45) is 0 Å². The van der Waals surface area contributed by atoms with Gasteiger partial charge in [-0.1, -0.05) is 12.1 Å². The van der Waals surface area contributed by atoms with Crippen molar-refractivity contribution in [1.82, 2.24) is 10.3 Å². The van der Waals surface area contributed by atoms with Crippen LogP contribution >= 0.6 is 0 Å². The fraction of sp³-hybridized carbons (Fsp3) is 0.154. The fourth-order valence-electron chi connectivity index (χ4n) is 1.76. The predicted molar refractivity (Wildman–Crippen MR) is 61.5 cm³/mol. The topological polar surface area (TPSA) is 24.9 Å². The molecule has 2 aromatic rings. The molecule has 0 saturated heterocycles. The Kier molecular flexibility index (Phi) is 3.44. The molecular weight excluding hydrogens is 222 g/mol. The van der Waals surface area contributed by atoms with E-state index in [1.807, 2.05) is 0 Å². The molecule has 2 nitrogen and oxygen atoms in total. The monoisotopic (exact) mass is 234 g/mol. The van der Waals surface area contributed by atoms with E-state index in [2.05, 4.69) is 10.3 Å². The summed E-state index contributed by atoms with van der Waals surface area (Å²) in [4.78, 5) is 4.00. The van der Waals surface area contributed by atoms with Crippen LogP contribution in [0.4, 0.5) is 8.78 Å². The van der Waals surface area contributed by atoms with Gasteiger partial charge in [-0.25, -0.2) is 8.78 Å². The van der Waals surface area contributed by atoms with Crippen LogP contribution in [0.2, 0.25) is 0 Å². The Hall–Kier alpha value is -1.81. The van der Waals surface area contributed by atoms with E-state index in [9.17, 15) is 8.78 Å². The van der Waals surface area contributed by atoms with E-state index in [0.29, 0.717) is 5.56 Å². The van der Waals surface area contributed by atoms with Crippen LogP contribution < -0.4 is 5.32 Å². The van der Waals surface area contributed by atoms with E-state index >= 15 is 0 Å². The second-order valence-electron chi connectivity index (χ2n) is 3.65. The van der Waals surface area contributed by atoms with Gasteiger partial charge in [-0.3, -0.25) is 4.98 Å². The van der Waals surface area contributed by atoms with Gasteiger partial charge in [-0.05, 0) is 36.9 Å². The lowest BCUT2D eigenvalue weighted by atomic mass is 10.0. The van der Waals surface area contributed by atoms with Gasteiger partial charge in [-0.2, -0.15) is 0 Å². The van der Waals surface area contributed by atoms with Gasteiger partial charge in [-0.15, -0.1) is 0 Å². The van der Waals surface area contributed by atoms with Gasteiger partial charge in [0.25, 0.3) is 0 Å². The normalized spacial score (nSPS) is 12.4. The lowest BCUT2D eigenvalue weighted by Crippen LogP contribution is -2.20. The van der Waals surface area contributed by atoms with Crippen LogP contribution in [0.3, 0.4) is 0 Å². The number of pyridine rings is 1. The maximum absolute atomic E-state index is 13.6. The summed E-state index contributed by atoms with van der Waals surface area (Å²) in [6.45, 7) is 0. The van der Waals surface area contributed by atoms with Crippen molar-refractivity contribution < 1.29 is 8.78 Å². The van der Waals surface area contributed by atoms with Crippen molar-refractivity contribution in [2.45, 2.75) is 6.04 Å². The number of benzene rings is 1. The summed E-state index contributed by atoms with van der Waals surface area (Å²) in [5.74, 6) is -0.754. The first-order chi connectivity index (χ1) is 8.22. The zero-order valence-electron chi connectivity index (χ0n) is 9.32. The van der Waals surface area contributed by atoms with Gasteiger partial charge >= 0.3 is 0 Å². The Balaban J connectivity index is 2.44. The quantitative estimate of drug-likeness (QED) is 0.883. The highest BCUT2D eigenvalue weighted by Gasteiger charge is 2.17. The Bertz CT molecular complexity index is 514. The first kappa shape index (κ1) is 11.7. The minimum atomic E-state index is -0.452. The lowest BCUT2D eigenvalue weighted by molar-refractivity contribution is 0.556. The molecule has 1 heterocycles. The maximum atomic E-state index is 13.6. The molecule has 0 bridgehead atoms. The molecule has 0 aliphatic heterocycles. The molecular formula is C13H12F2N2. The Morgan fingerprint density at radius 1 is 1.18 bits per heavy atom. The number of nitrogens with one attached hydrogen (secondary N) is 1. The number of aromatic nitrogens is 1. The summed E-state index contributed by atoms with van der Waals surface area (Å²) >= 11 is 0. The molecule has 0 aliphatic carbocycles. The molecule has 1 aromatic heterocycles. The van der Waals surface area contributed by atoms with Crippen LogP contribution in [0.15, 0.2) is 42.6 Å². The van der Waals surface area contributed by atoms with Crippen LogP contribution in [0.5, 0.6) is 0 Å². The number of hydrogen-bond acceptors (Lipinski definition) is 2. The smallest absolute Gasteiger partial charge is 0.146 e. The standard InChI is InChI=1S/C13H12F2N2/c1-16-12(9-4-2-5-10(14)8-9)13-11(15)6-3-7-17-13/h2-8,12,16H,1H3. The third-order valence-electron chi connectivity index (χ3n) is 2.53. The first-order valence-electron chi connectivity index (χ1n) is 5.25. The number of rotatable bonds is 3. The molecule has 88 valence electrons. The Morgan fingerprint density at radius 2 is 2.00 bits per heavy atom. The molecule has 1 atom stereocenters. The summed E-state index contributed by atoms with van der Waals surface area (Å²) in [5.41, 5.74) is 0.908. The summed E-state index contributed by atoms with van der Waals surface area (Å²) in [7, 11) is 1.68. The second-order valence-corrected chi connectivity index (χ2v) is 3.65. The SMILES string of the molecule is CNC(c1cccc(F)c1)c1ncccc1F. The molecule has 2 rings (SSSR count). The van der Waals surface area contributed by atoms with Crippen LogP contribution in [-0.4, -0.2) is 12.0 Å². The molecule has 0 amide bonds. The maximum Gasteiger partial charge on any atom is 0.146 e. The minimum absolute atomic E-state index is 0.264. The molecule has 1 aromatic carbocycles. The van der Waals surface area contributed by atoms with E-state index in [-0.39, 0.29) is 11.5 Å². The Labute approximate surface area is 98.3 Å². The average Bonchev–Trinajstić information content (AvgIpc) is 2.33. The molecule has 0 aliphatic rings. The van der Waals surface area contributed by atoms with Gasteiger partial charge < -0.3 is 5.32 Å². The molecule has 0 fully saturated rings. The van der Waals surface area contributed by atoms with Crippen molar-refractivity contribution >= 4 is 0 Å². The highest BCUT2D eigenvalue weighted by atomic mass is 19.1. The zero-order chi connectivity index (χ0) is 12.3. The van der Waals surface area contributed by atoms with E-state index in [4.69, 9.17) is 0 Å². The number of halogens is 2. The van der Waals surface area contributed by atoms with E-state index in [1.54, 1.807) is 19.2 Å². The molecule has 4 heteroatoms. The molecule has 17 heavy (non-hydrogen) atoms. The van der Waals surface area contributed by atoms with Crippen molar-refractivity contribution in [1.29, 1.82) is 0 Å². The second kappa shape index (κ2) is 5.01.